The maximum absolute atomic E-state index is 11.6. The van der Waals surface area contributed by atoms with Gasteiger partial charge in [-0.05, 0) is 34.8 Å². The lowest BCUT2D eigenvalue weighted by Crippen LogP contribution is -2.46. The molecule has 1 fully saturated rings. The molecule has 1 aliphatic heterocycles. The topological polar surface area (TPSA) is 53.4 Å². The van der Waals surface area contributed by atoms with E-state index in [0.29, 0.717) is 12.5 Å². The Morgan fingerprint density at radius 2 is 2.08 bits per heavy atom. The lowest BCUT2D eigenvalue weighted by molar-refractivity contribution is -0.145. The number of rotatable bonds is 3. The van der Waals surface area contributed by atoms with Crippen LogP contribution in [-0.2, 0) is 11.3 Å². The van der Waals surface area contributed by atoms with E-state index in [1.54, 1.807) is 0 Å². The number of benzene rings is 1. The number of carbonyl (C=O) groups is 1. The van der Waals surface area contributed by atoms with E-state index in [2.05, 4.69) is 48.9 Å². The van der Waals surface area contributed by atoms with Crippen molar-refractivity contribution in [1.82, 2.24) is 9.88 Å². The van der Waals surface area contributed by atoms with Crippen LogP contribution in [0.25, 0.3) is 10.8 Å². The van der Waals surface area contributed by atoms with Crippen LogP contribution in [0.5, 0.6) is 0 Å². The molecule has 1 aromatic carbocycles. The lowest BCUT2D eigenvalue weighted by Gasteiger charge is -2.42. The Hall–Kier alpha value is -1.94. The monoisotopic (exact) mass is 326 g/mol. The zero-order chi connectivity index (χ0) is 17.3. The summed E-state index contributed by atoms with van der Waals surface area (Å²) < 4.78 is 0. The molecule has 24 heavy (non-hydrogen) atoms. The Bertz CT molecular complexity index is 730. The van der Waals surface area contributed by atoms with E-state index in [9.17, 15) is 9.90 Å². The van der Waals surface area contributed by atoms with Gasteiger partial charge in [0.15, 0.2) is 0 Å². The first-order valence-electron chi connectivity index (χ1n) is 8.61. The summed E-state index contributed by atoms with van der Waals surface area (Å²) in [5.74, 6) is -0.556. The summed E-state index contributed by atoms with van der Waals surface area (Å²) in [6, 6.07) is 8.31. The van der Waals surface area contributed by atoms with Crippen molar-refractivity contribution in [1.29, 1.82) is 0 Å². The van der Waals surface area contributed by atoms with Crippen molar-refractivity contribution in [3.05, 3.63) is 42.2 Å². The van der Waals surface area contributed by atoms with Gasteiger partial charge in [-0.2, -0.15) is 0 Å². The van der Waals surface area contributed by atoms with Gasteiger partial charge >= 0.3 is 5.97 Å². The smallest absolute Gasteiger partial charge is 0.307 e. The summed E-state index contributed by atoms with van der Waals surface area (Å²) in [5.41, 5.74) is 1.36. The highest BCUT2D eigenvalue weighted by molar-refractivity contribution is 5.84. The molecule has 2 heterocycles. The largest absolute Gasteiger partial charge is 0.481 e. The standard InChI is InChI=1S/C20H26N2O2/c1-20(2,3)17-9-16(19(23)24)12-22(13-17)11-15-6-4-5-14-10-21-8-7-18(14)15/h4-8,10,16-17H,9,11-13H2,1-3H3,(H,23,24)/t16-,17+/m0/s1. The third-order valence-electron chi connectivity index (χ3n) is 5.27. The number of carboxylic acid groups (broad SMARTS) is 1. The minimum Gasteiger partial charge on any atom is -0.481 e. The van der Waals surface area contributed by atoms with Gasteiger partial charge in [-0.25, -0.2) is 0 Å². The molecule has 0 unspecified atom stereocenters. The molecule has 1 aromatic heterocycles. The van der Waals surface area contributed by atoms with E-state index in [4.69, 9.17) is 0 Å². The fourth-order valence-electron chi connectivity index (χ4n) is 3.69. The molecule has 0 bridgehead atoms. The number of carboxylic acids is 1. The Kier molecular flexibility index (Phi) is 4.59. The molecule has 0 aliphatic carbocycles. The van der Waals surface area contributed by atoms with Gasteiger partial charge in [0.1, 0.15) is 0 Å². The van der Waals surface area contributed by atoms with E-state index in [1.165, 1.54) is 10.9 Å². The van der Waals surface area contributed by atoms with Crippen LogP contribution in [0.15, 0.2) is 36.7 Å². The number of hydrogen-bond donors (Lipinski definition) is 1. The van der Waals surface area contributed by atoms with E-state index >= 15 is 0 Å². The molecule has 0 radical (unpaired) electrons. The van der Waals surface area contributed by atoms with Crippen molar-refractivity contribution < 1.29 is 9.90 Å². The first-order valence-corrected chi connectivity index (χ1v) is 8.61. The van der Waals surface area contributed by atoms with E-state index in [1.807, 2.05) is 18.5 Å². The fraction of sp³-hybridized carbons (Fsp3) is 0.500. The second-order valence-electron chi connectivity index (χ2n) is 8.04. The highest BCUT2D eigenvalue weighted by atomic mass is 16.4. The molecule has 4 nitrogen and oxygen atoms in total. The number of fused-ring (bicyclic) bond motifs is 1. The summed E-state index contributed by atoms with van der Waals surface area (Å²) in [5, 5.41) is 11.9. The van der Waals surface area contributed by atoms with E-state index in [0.717, 1.165) is 24.9 Å². The number of likely N-dealkylation sites (tertiary alicyclic amines) is 1. The van der Waals surface area contributed by atoms with Crippen molar-refractivity contribution in [3.63, 3.8) is 0 Å². The molecule has 2 atom stereocenters. The number of aliphatic carboxylic acids is 1. The van der Waals surface area contributed by atoms with Gasteiger partial charge in [-0.1, -0.05) is 39.0 Å². The zero-order valence-corrected chi connectivity index (χ0v) is 14.7. The number of pyridine rings is 1. The van der Waals surface area contributed by atoms with Crippen molar-refractivity contribution in [2.45, 2.75) is 33.7 Å². The van der Waals surface area contributed by atoms with E-state index in [-0.39, 0.29) is 11.3 Å². The molecule has 0 saturated carbocycles. The van der Waals surface area contributed by atoms with Gasteiger partial charge in [0.2, 0.25) is 0 Å². The van der Waals surface area contributed by atoms with Gasteiger partial charge in [-0.15, -0.1) is 0 Å². The number of hydrogen-bond acceptors (Lipinski definition) is 3. The van der Waals surface area contributed by atoms with Gasteiger partial charge in [0.25, 0.3) is 0 Å². The summed E-state index contributed by atoms with van der Waals surface area (Å²) in [7, 11) is 0. The third kappa shape index (κ3) is 3.59. The summed E-state index contributed by atoms with van der Waals surface area (Å²) in [6.07, 6.45) is 4.47. The molecular formula is C20H26N2O2. The van der Waals surface area contributed by atoms with Crippen LogP contribution in [0, 0.1) is 17.3 Å². The Labute approximate surface area is 143 Å². The predicted molar refractivity (Wildman–Crippen MR) is 95.7 cm³/mol. The quantitative estimate of drug-likeness (QED) is 0.932. The first kappa shape index (κ1) is 16.9. The lowest BCUT2D eigenvalue weighted by atomic mass is 9.73. The van der Waals surface area contributed by atoms with Crippen molar-refractivity contribution in [2.24, 2.45) is 17.3 Å². The van der Waals surface area contributed by atoms with Crippen LogP contribution in [-0.4, -0.2) is 34.0 Å². The molecule has 1 aliphatic rings. The molecule has 4 heteroatoms. The summed E-state index contributed by atoms with van der Waals surface area (Å²) >= 11 is 0. The third-order valence-corrected chi connectivity index (χ3v) is 5.27. The van der Waals surface area contributed by atoms with Gasteiger partial charge in [0, 0.05) is 37.4 Å². The Balaban J connectivity index is 1.86. The number of nitrogens with zero attached hydrogens (tertiary/aromatic N) is 2. The molecule has 1 N–H and O–H groups in total. The van der Waals surface area contributed by atoms with Crippen molar-refractivity contribution in [3.8, 4) is 0 Å². The maximum Gasteiger partial charge on any atom is 0.307 e. The SMILES string of the molecule is CC(C)(C)[C@@H]1C[C@H](C(=O)O)CN(Cc2cccc3cnccc23)C1. The highest BCUT2D eigenvalue weighted by Crippen LogP contribution is 2.36. The van der Waals surface area contributed by atoms with Gasteiger partial charge in [-0.3, -0.25) is 14.7 Å². The second kappa shape index (κ2) is 6.52. The maximum atomic E-state index is 11.6. The Morgan fingerprint density at radius 3 is 2.79 bits per heavy atom. The molecule has 1 saturated heterocycles. The van der Waals surface area contributed by atoms with E-state index < -0.39 is 5.97 Å². The van der Waals surface area contributed by atoms with Crippen molar-refractivity contribution in [2.75, 3.05) is 13.1 Å². The molecule has 0 spiro atoms. The molecule has 0 amide bonds. The fourth-order valence-corrected chi connectivity index (χ4v) is 3.69. The average molecular weight is 326 g/mol. The van der Waals surface area contributed by atoms with Crippen LogP contribution < -0.4 is 0 Å². The van der Waals surface area contributed by atoms with Crippen LogP contribution in [0.4, 0.5) is 0 Å². The van der Waals surface area contributed by atoms with Crippen LogP contribution in [0.3, 0.4) is 0 Å². The minimum atomic E-state index is -0.670. The first-order chi connectivity index (χ1) is 11.3. The molecular weight excluding hydrogens is 300 g/mol. The van der Waals surface area contributed by atoms with Crippen LogP contribution >= 0.6 is 0 Å². The number of aromatic nitrogens is 1. The van der Waals surface area contributed by atoms with Gasteiger partial charge in [0.05, 0.1) is 5.92 Å². The van der Waals surface area contributed by atoms with Gasteiger partial charge < -0.3 is 5.11 Å². The predicted octanol–water partition coefficient (Wildman–Crippen LogP) is 3.80. The second-order valence-corrected chi connectivity index (χ2v) is 8.04. The number of piperidine rings is 1. The van der Waals surface area contributed by atoms with Crippen LogP contribution in [0.2, 0.25) is 0 Å². The minimum absolute atomic E-state index is 0.120. The molecule has 128 valence electrons. The molecule has 2 aromatic rings. The zero-order valence-electron chi connectivity index (χ0n) is 14.7. The van der Waals surface area contributed by atoms with Crippen LogP contribution in [0.1, 0.15) is 32.8 Å². The normalized spacial score (nSPS) is 22.6. The summed E-state index contributed by atoms with van der Waals surface area (Å²) in [6.45, 7) is 9.01. The van der Waals surface area contributed by atoms with Crippen molar-refractivity contribution >= 4 is 16.7 Å². The Morgan fingerprint density at radius 1 is 1.29 bits per heavy atom. The molecule has 3 rings (SSSR count). The highest BCUT2D eigenvalue weighted by Gasteiger charge is 2.37. The summed E-state index contributed by atoms with van der Waals surface area (Å²) in [4.78, 5) is 18.1. The average Bonchev–Trinajstić information content (AvgIpc) is 2.54.